The van der Waals surface area contributed by atoms with Crippen LogP contribution in [0, 0.1) is 0 Å². The third-order valence-electron chi connectivity index (χ3n) is 5.38. The van der Waals surface area contributed by atoms with Crippen LogP contribution in [0.3, 0.4) is 0 Å². The lowest BCUT2D eigenvalue weighted by Crippen LogP contribution is -2.27. The highest BCUT2D eigenvalue weighted by Gasteiger charge is 2.25. The first-order chi connectivity index (χ1) is 16.0. The van der Waals surface area contributed by atoms with Gasteiger partial charge in [0.1, 0.15) is 5.69 Å². The molecule has 33 heavy (non-hydrogen) atoms. The van der Waals surface area contributed by atoms with Crippen LogP contribution < -0.4 is 5.69 Å². The number of methoxy groups -OCH3 is 1. The lowest BCUT2D eigenvalue weighted by Gasteiger charge is -2.10. The van der Waals surface area contributed by atoms with Gasteiger partial charge < -0.3 is 4.74 Å². The van der Waals surface area contributed by atoms with Gasteiger partial charge in [-0.05, 0) is 24.0 Å². The summed E-state index contributed by atoms with van der Waals surface area (Å²) in [4.78, 5) is 38.8. The Labute approximate surface area is 198 Å². The quantitative estimate of drug-likeness (QED) is 0.290. The molecule has 0 aliphatic heterocycles. The van der Waals surface area contributed by atoms with Crippen molar-refractivity contribution in [2.24, 2.45) is 0 Å². The molecule has 0 bridgehead atoms. The van der Waals surface area contributed by atoms with E-state index in [-0.39, 0.29) is 22.3 Å². The molecule has 0 unspecified atom stereocenters. The number of carbonyl (C=O) groups excluding carboxylic acids is 2. The van der Waals surface area contributed by atoms with Crippen LogP contribution in [0.15, 0.2) is 65.5 Å². The summed E-state index contributed by atoms with van der Waals surface area (Å²) in [6.07, 6.45) is 1.77. The summed E-state index contributed by atoms with van der Waals surface area (Å²) in [7, 11) is 1.64. The van der Waals surface area contributed by atoms with Gasteiger partial charge in [-0.2, -0.15) is 0 Å². The summed E-state index contributed by atoms with van der Waals surface area (Å²) in [6, 6.07) is 19.3. The number of aromatic nitrogens is 2. The third-order valence-corrected chi connectivity index (χ3v) is 6.20. The molecule has 0 amide bonds. The highest BCUT2D eigenvalue weighted by Crippen LogP contribution is 2.21. The minimum absolute atomic E-state index is 0.0528. The van der Waals surface area contributed by atoms with Crippen molar-refractivity contribution in [1.82, 2.24) is 9.13 Å². The van der Waals surface area contributed by atoms with Crippen molar-refractivity contribution in [1.29, 1.82) is 0 Å². The van der Waals surface area contributed by atoms with Gasteiger partial charge in [-0.1, -0.05) is 72.4 Å². The smallest absolute Gasteiger partial charge is 0.329 e. The van der Waals surface area contributed by atoms with E-state index in [1.807, 2.05) is 60.7 Å². The highest BCUT2D eigenvalue weighted by atomic mass is 32.2. The fourth-order valence-electron chi connectivity index (χ4n) is 3.76. The standard InChI is InChI=1S/C26H30N2O4S/c1-20(29)33-19-23-25(24(30)15-9-10-16-32-2)28(18-22-13-7-4-8-14-22)26(31)27(23)17-21-11-5-3-6-12-21/h3-8,11-14H,9-10,15-19H2,1-2H3. The van der Waals surface area contributed by atoms with E-state index in [0.29, 0.717) is 43.9 Å². The number of hydrogen-bond acceptors (Lipinski definition) is 5. The SMILES string of the molecule is COCCCCC(=O)c1c(CSC(C)=O)n(Cc2ccccc2)c(=O)n1Cc1ccccc1. The van der Waals surface area contributed by atoms with E-state index in [1.54, 1.807) is 16.2 Å². The van der Waals surface area contributed by atoms with E-state index < -0.39 is 0 Å². The molecule has 0 aliphatic carbocycles. The number of unbranched alkanes of at least 4 members (excludes halogenated alkanes) is 1. The van der Waals surface area contributed by atoms with E-state index in [0.717, 1.165) is 29.3 Å². The molecule has 174 valence electrons. The maximum atomic E-state index is 13.6. The molecule has 0 N–H and O–H groups in total. The van der Waals surface area contributed by atoms with Gasteiger partial charge in [0.05, 0.1) is 18.8 Å². The van der Waals surface area contributed by atoms with E-state index >= 15 is 0 Å². The molecule has 2 aromatic carbocycles. The molecule has 1 aromatic heterocycles. The highest BCUT2D eigenvalue weighted by molar-refractivity contribution is 8.12. The zero-order valence-corrected chi connectivity index (χ0v) is 20.0. The molecular weight excluding hydrogens is 436 g/mol. The average molecular weight is 467 g/mol. The zero-order chi connectivity index (χ0) is 23.6. The number of benzene rings is 2. The molecule has 6 nitrogen and oxygen atoms in total. The van der Waals surface area contributed by atoms with Gasteiger partial charge in [0.25, 0.3) is 0 Å². The van der Waals surface area contributed by atoms with Crippen LogP contribution in [0.25, 0.3) is 0 Å². The molecule has 7 heteroatoms. The number of hydrogen-bond donors (Lipinski definition) is 0. The molecule has 1 heterocycles. The van der Waals surface area contributed by atoms with Crippen molar-refractivity contribution in [2.45, 2.75) is 45.0 Å². The van der Waals surface area contributed by atoms with Crippen LogP contribution in [-0.2, 0) is 28.4 Å². The van der Waals surface area contributed by atoms with Crippen LogP contribution in [0.1, 0.15) is 53.5 Å². The molecular formula is C26H30N2O4S. The molecule has 0 saturated carbocycles. The van der Waals surface area contributed by atoms with Crippen LogP contribution >= 0.6 is 11.8 Å². The van der Waals surface area contributed by atoms with Gasteiger partial charge in [0.15, 0.2) is 10.9 Å². The number of imidazole rings is 1. The Kier molecular flexibility index (Phi) is 9.27. The van der Waals surface area contributed by atoms with Crippen molar-refractivity contribution >= 4 is 22.7 Å². The molecule has 0 atom stereocenters. The summed E-state index contributed by atoms with van der Waals surface area (Å²) in [6.45, 7) is 2.74. The first-order valence-electron chi connectivity index (χ1n) is 11.1. The van der Waals surface area contributed by atoms with E-state index in [2.05, 4.69) is 0 Å². The summed E-state index contributed by atoms with van der Waals surface area (Å²) < 4.78 is 8.32. The molecule has 0 spiro atoms. The number of thioether (sulfide) groups is 1. The summed E-state index contributed by atoms with van der Waals surface area (Å²) in [5.74, 6) is 0.198. The van der Waals surface area contributed by atoms with Gasteiger partial charge in [0.2, 0.25) is 0 Å². The van der Waals surface area contributed by atoms with Gasteiger partial charge in [0, 0.05) is 32.8 Å². The monoisotopic (exact) mass is 466 g/mol. The van der Waals surface area contributed by atoms with Crippen molar-refractivity contribution in [2.75, 3.05) is 13.7 Å². The molecule has 0 saturated heterocycles. The van der Waals surface area contributed by atoms with Gasteiger partial charge in [-0.25, -0.2) is 4.79 Å². The number of ketones is 1. The van der Waals surface area contributed by atoms with Crippen molar-refractivity contribution in [3.8, 4) is 0 Å². The lowest BCUT2D eigenvalue weighted by atomic mass is 10.1. The number of nitrogens with zero attached hydrogens (tertiary/aromatic N) is 2. The number of ether oxygens (including phenoxy) is 1. The first kappa shape index (κ1) is 24.7. The first-order valence-corrected chi connectivity index (χ1v) is 12.1. The summed E-state index contributed by atoms with van der Waals surface area (Å²) >= 11 is 1.12. The van der Waals surface area contributed by atoms with Gasteiger partial charge in [-0.15, -0.1) is 0 Å². The zero-order valence-electron chi connectivity index (χ0n) is 19.2. The Bertz CT molecular complexity index is 1120. The number of rotatable bonds is 12. The second-order valence-corrected chi connectivity index (χ2v) is 9.03. The van der Waals surface area contributed by atoms with E-state index in [1.165, 1.54) is 6.92 Å². The normalized spacial score (nSPS) is 11.0. The Morgan fingerprint density at radius 3 is 2.00 bits per heavy atom. The second-order valence-electron chi connectivity index (χ2n) is 7.87. The van der Waals surface area contributed by atoms with Crippen molar-refractivity contribution < 1.29 is 14.3 Å². The van der Waals surface area contributed by atoms with E-state index in [4.69, 9.17) is 4.74 Å². The minimum Gasteiger partial charge on any atom is -0.385 e. The molecule has 3 rings (SSSR count). The number of carbonyl (C=O) groups is 2. The summed E-state index contributed by atoms with van der Waals surface area (Å²) in [5.41, 5.74) is 2.69. The van der Waals surface area contributed by atoms with Gasteiger partial charge in [-0.3, -0.25) is 18.7 Å². The fourth-order valence-corrected chi connectivity index (χ4v) is 4.39. The second kappa shape index (κ2) is 12.4. The lowest BCUT2D eigenvalue weighted by molar-refractivity contribution is -0.109. The topological polar surface area (TPSA) is 70.3 Å². The Morgan fingerprint density at radius 2 is 1.45 bits per heavy atom. The molecule has 0 aliphatic rings. The van der Waals surface area contributed by atoms with Crippen LogP contribution in [0.2, 0.25) is 0 Å². The fraction of sp³-hybridized carbons (Fsp3) is 0.346. The predicted molar refractivity (Wildman–Crippen MR) is 132 cm³/mol. The average Bonchev–Trinajstić information content (AvgIpc) is 3.07. The molecule has 0 fully saturated rings. The molecule has 3 aromatic rings. The Morgan fingerprint density at radius 1 is 0.879 bits per heavy atom. The van der Waals surface area contributed by atoms with Gasteiger partial charge >= 0.3 is 5.69 Å². The van der Waals surface area contributed by atoms with Crippen molar-refractivity contribution in [3.63, 3.8) is 0 Å². The minimum atomic E-state index is -0.234. The molecule has 0 radical (unpaired) electrons. The van der Waals surface area contributed by atoms with Crippen molar-refractivity contribution in [3.05, 3.63) is 93.7 Å². The third kappa shape index (κ3) is 6.79. The maximum Gasteiger partial charge on any atom is 0.329 e. The summed E-state index contributed by atoms with van der Waals surface area (Å²) in [5, 5.41) is -0.0528. The van der Waals surface area contributed by atoms with E-state index in [9.17, 15) is 14.4 Å². The Hall–Kier alpha value is -2.90. The van der Waals surface area contributed by atoms with Crippen LogP contribution in [0.5, 0.6) is 0 Å². The largest absolute Gasteiger partial charge is 0.385 e. The number of Topliss-reactive ketones (excluding diaryl/α,β-unsaturated/α-hetero) is 1. The van der Waals surface area contributed by atoms with Crippen LogP contribution in [-0.4, -0.2) is 33.7 Å². The Balaban J connectivity index is 2.07. The van der Waals surface area contributed by atoms with Crippen LogP contribution in [0.4, 0.5) is 0 Å². The maximum absolute atomic E-state index is 13.6. The predicted octanol–water partition coefficient (Wildman–Crippen LogP) is 4.53.